The molecule has 0 atom stereocenters. The van der Waals surface area contributed by atoms with Gasteiger partial charge < -0.3 is 4.90 Å². The second kappa shape index (κ2) is 6.94. The first-order chi connectivity index (χ1) is 12.2. The molecule has 128 valence electrons. The number of rotatable bonds is 4. The molecule has 1 aliphatic heterocycles. The summed E-state index contributed by atoms with van der Waals surface area (Å²) >= 11 is 1.70. The first-order valence-corrected chi connectivity index (χ1v) is 9.38. The lowest BCUT2D eigenvalue weighted by Gasteiger charge is -2.30. The van der Waals surface area contributed by atoms with Crippen LogP contribution >= 0.6 is 11.3 Å². The molecule has 1 aromatic heterocycles. The predicted molar refractivity (Wildman–Crippen MR) is 102 cm³/mol. The van der Waals surface area contributed by atoms with Crippen molar-refractivity contribution in [3.63, 3.8) is 0 Å². The van der Waals surface area contributed by atoms with Gasteiger partial charge in [0.25, 0.3) is 0 Å². The molecule has 1 aliphatic rings. The number of carbonyl (C=O) groups is 1. The van der Waals surface area contributed by atoms with Crippen LogP contribution in [0.4, 0.5) is 0 Å². The summed E-state index contributed by atoms with van der Waals surface area (Å²) in [5.74, 6) is 0.193. The second-order valence-corrected chi connectivity index (χ2v) is 7.70. The van der Waals surface area contributed by atoms with Crippen LogP contribution in [-0.4, -0.2) is 40.8 Å². The summed E-state index contributed by atoms with van der Waals surface area (Å²) in [7, 11) is 1.99. The van der Waals surface area contributed by atoms with Crippen LogP contribution in [0, 0.1) is 0 Å². The van der Waals surface area contributed by atoms with E-state index in [1.807, 2.05) is 36.2 Å². The lowest BCUT2D eigenvalue weighted by atomic mass is 10.00. The molecular weight excluding hydrogens is 330 g/mol. The molecule has 2 heterocycles. The number of hydrogen-bond donors (Lipinski definition) is 0. The Balaban J connectivity index is 1.37. The standard InChI is InChI=1S/C20H21N3OS/c1-22(13-19-21-17-8-4-5-9-18(17)25-19)14-20(24)23-11-10-15-6-2-3-7-16(15)12-23/h2-9H,10-14H2,1H3. The van der Waals surface area contributed by atoms with E-state index in [0.29, 0.717) is 13.1 Å². The summed E-state index contributed by atoms with van der Waals surface area (Å²) in [4.78, 5) is 21.3. The minimum atomic E-state index is 0.193. The Morgan fingerprint density at radius 2 is 1.92 bits per heavy atom. The number of benzene rings is 2. The van der Waals surface area contributed by atoms with Gasteiger partial charge in [-0.1, -0.05) is 36.4 Å². The van der Waals surface area contributed by atoms with Crippen LogP contribution in [0.15, 0.2) is 48.5 Å². The van der Waals surface area contributed by atoms with Gasteiger partial charge in [0.05, 0.1) is 23.3 Å². The zero-order valence-electron chi connectivity index (χ0n) is 14.3. The van der Waals surface area contributed by atoms with Gasteiger partial charge in [-0.2, -0.15) is 0 Å². The van der Waals surface area contributed by atoms with Gasteiger partial charge in [0, 0.05) is 13.1 Å². The van der Waals surface area contributed by atoms with Gasteiger partial charge in [-0.05, 0) is 36.7 Å². The number of amides is 1. The minimum Gasteiger partial charge on any atom is -0.337 e. The maximum absolute atomic E-state index is 12.6. The Kier molecular flexibility index (Phi) is 4.51. The summed E-state index contributed by atoms with van der Waals surface area (Å²) in [6.07, 6.45) is 0.948. The van der Waals surface area contributed by atoms with Crippen LogP contribution in [0.2, 0.25) is 0 Å². The van der Waals surface area contributed by atoms with E-state index in [4.69, 9.17) is 0 Å². The van der Waals surface area contributed by atoms with Crippen molar-refractivity contribution in [1.82, 2.24) is 14.8 Å². The number of likely N-dealkylation sites (N-methyl/N-ethyl adjacent to an activating group) is 1. The highest BCUT2D eigenvalue weighted by molar-refractivity contribution is 7.18. The fourth-order valence-electron chi connectivity index (χ4n) is 3.31. The molecule has 0 fully saturated rings. The third-order valence-corrected chi connectivity index (χ3v) is 5.65. The van der Waals surface area contributed by atoms with Gasteiger partial charge in [-0.15, -0.1) is 11.3 Å². The van der Waals surface area contributed by atoms with E-state index in [0.717, 1.165) is 30.0 Å². The summed E-state index contributed by atoms with van der Waals surface area (Å²) < 4.78 is 1.20. The van der Waals surface area contributed by atoms with E-state index < -0.39 is 0 Å². The monoisotopic (exact) mass is 351 g/mol. The average Bonchev–Trinajstić information content (AvgIpc) is 3.03. The molecule has 0 radical (unpaired) electrons. The van der Waals surface area contributed by atoms with Crippen LogP contribution in [0.3, 0.4) is 0 Å². The lowest BCUT2D eigenvalue weighted by molar-refractivity contribution is -0.133. The van der Waals surface area contributed by atoms with Crippen molar-refractivity contribution in [2.45, 2.75) is 19.5 Å². The number of para-hydroxylation sites is 1. The minimum absolute atomic E-state index is 0.193. The average molecular weight is 351 g/mol. The summed E-state index contributed by atoms with van der Waals surface area (Å²) in [6, 6.07) is 16.6. The zero-order valence-corrected chi connectivity index (χ0v) is 15.1. The first-order valence-electron chi connectivity index (χ1n) is 8.56. The van der Waals surface area contributed by atoms with E-state index in [1.165, 1.54) is 15.8 Å². The SMILES string of the molecule is CN(CC(=O)N1CCc2ccccc2C1)Cc1nc2ccccc2s1. The van der Waals surface area contributed by atoms with Crippen molar-refractivity contribution in [2.75, 3.05) is 20.1 Å². The molecule has 0 spiro atoms. The van der Waals surface area contributed by atoms with Gasteiger partial charge in [0.2, 0.25) is 5.91 Å². The largest absolute Gasteiger partial charge is 0.337 e. The van der Waals surface area contributed by atoms with Crippen LogP contribution in [0.5, 0.6) is 0 Å². The quantitative estimate of drug-likeness (QED) is 0.723. The Hall–Kier alpha value is -2.24. The Bertz CT molecular complexity index is 872. The molecule has 4 nitrogen and oxygen atoms in total. The summed E-state index contributed by atoms with van der Waals surface area (Å²) in [5, 5.41) is 1.06. The van der Waals surface area contributed by atoms with Crippen LogP contribution in [-0.2, 0) is 24.3 Å². The summed E-state index contributed by atoms with van der Waals surface area (Å²) in [5.41, 5.74) is 3.68. The molecule has 0 saturated carbocycles. The fourth-order valence-corrected chi connectivity index (χ4v) is 4.36. The molecule has 3 aromatic rings. The maximum Gasteiger partial charge on any atom is 0.237 e. The Labute approximate surface area is 151 Å². The topological polar surface area (TPSA) is 36.4 Å². The fraction of sp³-hybridized carbons (Fsp3) is 0.300. The third kappa shape index (κ3) is 3.57. The predicted octanol–water partition coefficient (Wildman–Crippen LogP) is 3.31. The van der Waals surface area contributed by atoms with Gasteiger partial charge in [0.1, 0.15) is 5.01 Å². The third-order valence-electron chi connectivity index (χ3n) is 4.63. The zero-order chi connectivity index (χ0) is 17.2. The lowest BCUT2D eigenvalue weighted by Crippen LogP contribution is -2.41. The second-order valence-electron chi connectivity index (χ2n) is 6.58. The summed E-state index contributed by atoms with van der Waals surface area (Å²) in [6.45, 7) is 2.67. The molecule has 5 heteroatoms. The van der Waals surface area contributed by atoms with E-state index in [9.17, 15) is 4.79 Å². The normalized spacial score (nSPS) is 14.1. The van der Waals surface area contributed by atoms with E-state index in [2.05, 4.69) is 34.1 Å². The van der Waals surface area contributed by atoms with Gasteiger partial charge in [-0.25, -0.2) is 4.98 Å². The number of nitrogens with zero attached hydrogens (tertiary/aromatic N) is 3. The number of hydrogen-bond acceptors (Lipinski definition) is 4. The number of fused-ring (bicyclic) bond motifs is 2. The maximum atomic E-state index is 12.6. The van der Waals surface area contributed by atoms with Crippen molar-refractivity contribution in [3.8, 4) is 0 Å². The highest BCUT2D eigenvalue weighted by atomic mass is 32.1. The number of thiazole rings is 1. The molecule has 2 aromatic carbocycles. The Morgan fingerprint density at radius 1 is 1.16 bits per heavy atom. The van der Waals surface area contributed by atoms with Crippen molar-refractivity contribution >= 4 is 27.5 Å². The molecule has 0 saturated heterocycles. The van der Waals surface area contributed by atoms with Crippen LogP contribution < -0.4 is 0 Å². The van der Waals surface area contributed by atoms with Gasteiger partial charge >= 0.3 is 0 Å². The van der Waals surface area contributed by atoms with Crippen molar-refractivity contribution < 1.29 is 4.79 Å². The molecule has 0 aliphatic carbocycles. The van der Waals surface area contributed by atoms with Crippen molar-refractivity contribution in [1.29, 1.82) is 0 Å². The van der Waals surface area contributed by atoms with Gasteiger partial charge in [0.15, 0.2) is 0 Å². The van der Waals surface area contributed by atoms with E-state index in [1.54, 1.807) is 11.3 Å². The van der Waals surface area contributed by atoms with Gasteiger partial charge in [-0.3, -0.25) is 9.69 Å². The molecule has 0 N–H and O–H groups in total. The van der Waals surface area contributed by atoms with Crippen molar-refractivity contribution in [3.05, 3.63) is 64.7 Å². The number of aromatic nitrogens is 1. The molecule has 25 heavy (non-hydrogen) atoms. The highest BCUT2D eigenvalue weighted by Gasteiger charge is 2.21. The molecule has 1 amide bonds. The highest BCUT2D eigenvalue weighted by Crippen LogP contribution is 2.23. The van der Waals surface area contributed by atoms with E-state index in [-0.39, 0.29) is 5.91 Å². The smallest absolute Gasteiger partial charge is 0.237 e. The van der Waals surface area contributed by atoms with Crippen molar-refractivity contribution in [2.24, 2.45) is 0 Å². The molecule has 0 bridgehead atoms. The van der Waals surface area contributed by atoms with Crippen LogP contribution in [0.25, 0.3) is 10.2 Å². The Morgan fingerprint density at radius 3 is 2.76 bits per heavy atom. The van der Waals surface area contributed by atoms with E-state index >= 15 is 0 Å². The molecule has 0 unspecified atom stereocenters. The molecular formula is C20H21N3OS. The first kappa shape index (κ1) is 16.2. The molecule has 4 rings (SSSR count). The van der Waals surface area contributed by atoms with Crippen LogP contribution in [0.1, 0.15) is 16.1 Å². The number of carbonyl (C=O) groups excluding carboxylic acids is 1.